The molecule has 0 N–H and O–H groups in total. The van der Waals surface area contributed by atoms with Gasteiger partial charge >= 0.3 is 0 Å². The summed E-state index contributed by atoms with van der Waals surface area (Å²) in [4.78, 5) is 0. The van der Waals surface area contributed by atoms with E-state index in [0.29, 0.717) is 6.61 Å². The monoisotopic (exact) mass is 414 g/mol. The van der Waals surface area contributed by atoms with Crippen molar-refractivity contribution < 1.29 is 18.8 Å². The van der Waals surface area contributed by atoms with Crippen LogP contribution in [0.1, 0.15) is 36.6 Å². The first kappa shape index (κ1) is 20.0. The SMILES string of the molecule is COc1ccc([C@@H]2OC(C)(C)OC[C@@H]2[N+]2=Cc3ccccc3-c3ccccc3C2)cc1. The van der Waals surface area contributed by atoms with Gasteiger partial charge in [-0.1, -0.05) is 54.6 Å². The molecule has 5 rings (SSSR count). The second-order valence-electron chi connectivity index (χ2n) is 8.64. The molecule has 158 valence electrons. The van der Waals surface area contributed by atoms with Gasteiger partial charge in [0.1, 0.15) is 18.5 Å². The van der Waals surface area contributed by atoms with Crippen LogP contribution in [0.4, 0.5) is 0 Å². The van der Waals surface area contributed by atoms with E-state index < -0.39 is 5.79 Å². The maximum absolute atomic E-state index is 6.49. The Bertz CT molecular complexity index is 1120. The molecule has 3 aromatic carbocycles. The molecule has 0 radical (unpaired) electrons. The maximum atomic E-state index is 6.49. The van der Waals surface area contributed by atoms with Crippen molar-refractivity contribution in [2.24, 2.45) is 0 Å². The van der Waals surface area contributed by atoms with Crippen LogP contribution in [0, 0.1) is 0 Å². The van der Waals surface area contributed by atoms with Gasteiger partial charge in [0.25, 0.3) is 0 Å². The van der Waals surface area contributed by atoms with E-state index in [-0.39, 0.29) is 12.1 Å². The van der Waals surface area contributed by atoms with Crippen LogP contribution in [-0.4, -0.2) is 36.3 Å². The molecule has 31 heavy (non-hydrogen) atoms. The minimum absolute atomic E-state index is 0.0423. The van der Waals surface area contributed by atoms with Crippen molar-refractivity contribution in [3.63, 3.8) is 0 Å². The predicted molar refractivity (Wildman–Crippen MR) is 122 cm³/mol. The summed E-state index contributed by atoms with van der Waals surface area (Å²) in [7, 11) is 1.69. The first-order chi connectivity index (χ1) is 15.0. The zero-order chi connectivity index (χ0) is 21.4. The van der Waals surface area contributed by atoms with Gasteiger partial charge in [0, 0.05) is 11.1 Å². The van der Waals surface area contributed by atoms with Crippen molar-refractivity contribution in [3.8, 4) is 16.9 Å². The highest BCUT2D eigenvalue weighted by molar-refractivity contribution is 5.89. The van der Waals surface area contributed by atoms with Gasteiger partial charge < -0.3 is 14.2 Å². The van der Waals surface area contributed by atoms with Gasteiger partial charge in [-0.15, -0.1) is 0 Å². The van der Waals surface area contributed by atoms with Gasteiger partial charge in [0.15, 0.2) is 18.5 Å². The van der Waals surface area contributed by atoms with E-state index in [0.717, 1.165) is 17.9 Å². The average Bonchev–Trinajstić information content (AvgIpc) is 2.95. The molecular weight excluding hydrogens is 386 g/mol. The number of methoxy groups -OCH3 is 1. The van der Waals surface area contributed by atoms with Crippen molar-refractivity contribution in [2.75, 3.05) is 13.7 Å². The van der Waals surface area contributed by atoms with E-state index in [2.05, 4.69) is 71.5 Å². The fraction of sp³-hybridized carbons (Fsp3) is 0.296. The van der Waals surface area contributed by atoms with Crippen LogP contribution in [0.25, 0.3) is 11.1 Å². The van der Waals surface area contributed by atoms with Gasteiger partial charge in [-0.05, 0) is 48.7 Å². The molecule has 0 saturated carbocycles. The topological polar surface area (TPSA) is 30.7 Å². The molecule has 0 aliphatic carbocycles. The minimum Gasteiger partial charge on any atom is -0.497 e. The van der Waals surface area contributed by atoms with Crippen LogP contribution in [-0.2, 0) is 16.0 Å². The minimum atomic E-state index is -0.636. The summed E-state index contributed by atoms with van der Waals surface area (Å²) in [6.07, 6.45) is 2.14. The fourth-order valence-corrected chi connectivity index (χ4v) is 4.56. The third-order valence-electron chi connectivity index (χ3n) is 6.16. The number of fused-ring (bicyclic) bond motifs is 3. The number of rotatable bonds is 3. The molecule has 4 heteroatoms. The maximum Gasteiger partial charge on any atom is 0.206 e. The van der Waals surface area contributed by atoms with E-state index in [1.165, 1.54) is 22.3 Å². The smallest absolute Gasteiger partial charge is 0.206 e. The van der Waals surface area contributed by atoms with E-state index in [4.69, 9.17) is 14.2 Å². The highest BCUT2D eigenvalue weighted by Crippen LogP contribution is 2.37. The summed E-state index contributed by atoms with van der Waals surface area (Å²) < 4.78 is 20.4. The lowest BCUT2D eigenvalue weighted by atomic mass is 9.97. The van der Waals surface area contributed by atoms with E-state index in [1.807, 2.05) is 26.0 Å². The summed E-state index contributed by atoms with van der Waals surface area (Å²) in [5.41, 5.74) is 6.20. The van der Waals surface area contributed by atoms with Crippen LogP contribution < -0.4 is 4.74 Å². The Morgan fingerprint density at radius 1 is 0.903 bits per heavy atom. The summed E-state index contributed by atoms with van der Waals surface area (Å²) in [5, 5.41) is 0. The molecule has 2 heterocycles. The van der Waals surface area contributed by atoms with Crippen LogP contribution in [0.5, 0.6) is 5.75 Å². The Morgan fingerprint density at radius 3 is 2.39 bits per heavy atom. The highest BCUT2D eigenvalue weighted by atomic mass is 16.7. The first-order valence-corrected chi connectivity index (χ1v) is 10.8. The Morgan fingerprint density at radius 2 is 1.61 bits per heavy atom. The highest BCUT2D eigenvalue weighted by Gasteiger charge is 2.44. The van der Waals surface area contributed by atoms with E-state index in [1.54, 1.807) is 7.11 Å². The van der Waals surface area contributed by atoms with Gasteiger partial charge in [-0.2, -0.15) is 0 Å². The van der Waals surface area contributed by atoms with Gasteiger partial charge in [0.2, 0.25) is 6.04 Å². The molecule has 1 fully saturated rings. The summed E-state index contributed by atoms with van der Waals surface area (Å²) in [6, 6.07) is 25.5. The zero-order valence-electron chi connectivity index (χ0n) is 18.2. The molecule has 2 aliphatic rings. The molecule has 0 aromatic heterocycles. The van der Waals surface area contributed by atoms with Crippen LogP contribution in [0.15, 0.2) is 72.8 Å². The number of hydrogen-bond donors (Lipinski definition) is 0. The van der Waals surface area contributed by atoms with Gasteiger partial charge in [0.05, 0.1) is 7.11 Å². The zero-order valence-corrected chi connectivity index (χ0v) is 18.2. The number of benzene rings is 3. The first-order valence-electron chi connectivity index (χ1n) is 10.8. The average molecular weight is 415 g/mol. The quantitative estimate of drug-likeness (QED) is 0.552. The standard InChI is InChI=1S/C27H28NO3/c1-27(2)30-18-25(26(31-27)19-12-14-22(29-3)15-13-19)28-16-20-8-4-6-10-23(20)24-11-7-5-9-21(24)17-28/h4-16,25-26H,17-18H2,1-3H3/q+1/t25-,26-/m0/s1. The number of hydrogen-bond acceptors (Lipinski definition) is 3. The summed E-state index contributed by atoms with van der Waals surface area (Å²) in [5.74, 6) is 0.207. The lowest BCUT2D eigenvalue weighted by molar-refractivity contribution is -0.607. The molecule has 0 amide bonds. The third-order valence-corrected chi connectivity index (χ3v) is 6.16. The molecule has 3 aromatic rings. The molecule has 2 atom stereocenters. The summed E-state index contributed by atoms with van der Waals surface area (Å²) >= 11 is 0. The molecule has 1 saturated heterocycles. The van der Waals surface area contributed by atoms with Crippen LogP contribution in [0.2, 0.25) is 0 Å². The molecule has 0 spiro atoms. The Labute approximate surface area is 183 Å². The lowest BCUT2D eigenvalue weighted by Gasteiger charge is -2.39. The van der Waals surface area contributed by atoms with Crippen molar-refractivity contribution >= 4 is 6.21 Å². The van der Waals surface area contributed by atoms with Crippen molar-refractivity contribution in [3.05, 3.63) is 89.5 Å². The van der Waals surface area contributed by atoms with E-state index >= 15 is 0 Å². The molecule has 2 aliphatic heterocycles. The molecule has 0 unspecified atom stereocenters. The predicted octanol–water partition coefficient (Wildman–Crippen LogP) is 5.20. The Hall–Kier alpha value is -2.95. The second kappa shape index (κ2) is 7.95. The normalized spacial score (nSPS) is 22.0. The third kappa shape index (κ3) is 3.89. The largest absolute Gasteiger partial charge is 0.497 e. The van der Waals surface area contributed by atoms with Crippen molar-refractivity contribution in [2.45, 2.75) is 38.3 Å². The molecule has 4 nitrogen and oxygen atoms in total. The van der Waals surface area contributed by atoms with Crippen LogP contribution in [0.3, 0.4) is 0 Å². The van der Waals surface area contributed by atoms with Gasteiger partial charge in [-0.3, -0.25) is 0 Å². The summed E-state index contributed by atoms with van der Waals surface area (Å²) in [6.45, 7) is 5.35. The van der Waals surface area contributed by atoms with Crippen molar-refractivity contribution in [1.29, 1.82) is 0 Å². The molecular formula is C27H28NO3+. The Kier molecular flexibility index (Phi) is 5.12. The van der Waals surface area contributed by atoms with Crippen LogP contribution >= 0.6 is 0 Å². The Balaban J connectivity index is 1.59. The van der Waals surface area contributed by atoms with E-state index in [9.17, 15) is 0 Å². The lowest BCUT2D eigenvalue weighted by Crippen LogP contribution is -2.49. The van der Waals surface area contributed by atoms with Crippen molar-refractivity contribution in [1.82, 2.24) is 0 Å². The fourth-order valence-electron chi connectivity index (χ4n) is 4.56. The number of nitrogens with zero attached hydrogens (tertiary/aromatic N) is 1. The second-order valence-corrected chi connectivity index (χ2v) is 8.64. The molecule has 0 bridgehead atoms. The van der Waals surface area contributed by atoms with Gasteiger partial charge in [-0.25, -0.2) is 4.58 Å². The number of ether oxygens (including phenoxy) is 3.